The Morgan fingerprint density at radius 1 is 1.29 bits per heavy atom. The molecule has 0 unspecified atom stereocenters. The number of anilines is 1. The van der Waals surface area contributed by atoms with Crippen LogP contribution in [0.3, 0.4) is 0 Å². The Labute approximate surface area is 204 Å². The molecule has 9 heteroatoms. The van der Waals surface area contributed by atoms with E-state index in [-0.39, 0.29) is 18.2 Å². The fourth-order valence-electron chi connectivity index (χ4n) is 3.83. The molecule has 0 atom stereocenters. The van der Waals surface area contributed by atoms with Crippen molar-refractivity contribution in [2.24, 2.45) is 9.98 Å². The quantitative estimate of drug-likeness (QED) is 0.572. The van der Waals surface area contributed by atoms with Gasteiger partial charge in [0.05, 0.1) is 37.9 Å². The summed E-state index contributed by atoms with van der Waals surface area (Å²) in [6.45, 7) is 7.59. The first kappa shape index (κ1) is 24.0. The van der Waals surface area contributed by atoms with Crippen molar-refractivity contribution in [3.05, 3.63) is 78.1 Å². The molecule has 0 aliphatic carbocycles. The average Bonchev–Trinajstić information content (AvgIpc) is 3.06. The Kier molecular flexibility index (Phi) is 7.45. The molecule has 0 aromatic heterocycles. The first-order chi connectivity index (χ1) is 17.0. The van der Waals surface area contributed by atoms with Crippen LogP contribution in [0.4, 0.5) is 10.1 Å². The predicted molar refractivity (Wildman–Crippen MR) is 136 cm³/mol. The van der Waals surface area contributed by atoms with E-state index in [4.69, 9.17) is 9.47 Å². The van der Waals surface area contributed by atoms with Crippen LogP contribution in [-0.2, 0) is 9.53 Å². The van der Waals surface area contributed by atoms with E-state index in [1.165, 1.54) is 12.2 Å². The van der Waals surface area contributed by atoms with Gasteiger partial charge in [-0.15, -0.1) is 0 Å². The van der Waals surface area contributed by atoms with Gasteiger partial charge in [-0.25, -0.2) is 4.39 Å². The Hall–Kier alpha value is -4.14. The number of fused-ring (bicyclic) bond motifs is 1. The molecule has 3 aliphatic heterocycles. The maximum absolute atomic E-state index is 13.6. The molecule has 1 amide bonds. The molecule has 0 saturated carbocycles. The third kappa shape index (κ3) is 5.51. The Morgan fingerprint density at radius 3 is 2.89 bits per heavy atom. The summed E-state index contributed by atoms with van der Waals surface area (Å²) in [6, 6.07) is 5.75. The number of allylic oxidation sites excluding steroid dienone is 4. The van der Waals surface area contributed by atoms with E-state index >= 15 is 0 Å². The van der Waals surface area contributed by atoms with E-state index in [0.29, 0.717) is 49.3 Å². The van der Waals surface area contributed by atoms with Crippen LogP contribution in [0.2, 0.25) is 0 Å². The van der Waals surface area contributed by atoms with Crippen molar-refractivity contribution in [2.45, 2.75) is 13.3 Å². The number of ether oxygens (including phenoxy) is 2. The number of amidine groups is 1. The molecule has 1 fully saturated rings. The van der Waals surface area contributed by atoms with Crippen molar-refractivity contribution >= 4 is 29.8 Å². The van der Waals surface area contributed by atoms with Crippen molar-refractivity contribution in [2.75, 3.05) is 38.3 Å². The number of nitrogens with zero attached hydrogens (tertiary/aromatic N) is 5. The standard InChI is InChI=1S/C26H28FN5O3/c1-4-21(27)8-6-19(2)31-13-10-25(33)29-26-24(35-15-14-32(26)31)17-20-7-9-22(23(16-20)34-3)30-12-5-11-28-18-30/h4-9,12,16-18H,2,10-11,13-15H2,1,3H3/b8-6-,21-4+,24-17-. The number of benzene rings is 1. The lowest BCUT2D eigenvalue weighted by Gasteiger charge is -2.40. The first-order valence-electron chi connectivity index (χ1n) is 11.3. The fraction of sp³-hybridized carbons (Fsp3) is 0.269. The molecule has 4 rings (SSSR count). The van der Waals surface area contributed by atoms with Gasteiger partial charge < -0.3 is 14.4 Å². The minimum absolute atomic E-state index is 0.208. The summed E-state index contributed by atoms with van der Waals surface area (Å²) in [5.41, 5.74) is 2.22. The first-order valence-corrected chi connectivity index (χ1v) is 11.3. The number of hydrogen-bond acceptors (Lipinski definition) is 7. The summed E-state index contributed by atoms with van der Waals surface area (Å²) in [5.74, 6) is 0.896. The maximum Gasteiger partial charge on any atom is 0.249 e. The number of halogens is 1. The zero-order valence-electron chi connectivity index (χ0n) is 19.9. The third-order valence-corrected chi connectivity index (χ3v) is 5.59. The lowest BCUT2D eigenvalue weighted by Crippen LogP contribution is -2.50. The molecule has 1 aromatic carbocycles. The van der Waals surface area contributed by atoms with Gasteiger partial charge in [0, 0.05) is 19.2 Å². The van der Waals surface area contributed by atoms with Gasteiger partial charge in [-0.1, -0.05) is 18.7 Å². The van der Waals surface area contributed by atoms with Crippen LogP contribution in [0.15, 0.2) is 82.5 Å². The molecular formula is C26H28FN5O3. The molecule has 182 valence electrons. The van der Waals surface area contributed by atoms with Gasteiger partial charge in [-0.05, 0) is 48.9 Å². The molecule has 3 heterocycles. The highest BCUT2D eigenvalue weighted by Gasteiger charge is 2.31. The fourth-order valence-corrected chi connectivity index (χ4v) is 3.83. The summed E-state index contributed by atoms with van der Waals surface area (Å²) in [4.78, 5) is 22.9. The van der Waals surface area contributed by atoms with Gasteiger partial charge in [-0.3, -0.25) is 19.8 Å². The van der Waals surface area contributed by atoms with Gasteiger partial charge in [0.1, 0.15) is 18.2 Å². The Morgan fingerprint density at radius 2 is 2.14 bits per heavy atom. The largest absolute Gasteiger partial charge is 0.495 e. The molecular weight excluding hydrogens is 449 g/mol. The number of aliphatic imine (C=N–C) groups is 2. The minimum atomic E-state index is -0.364. The van der Waals surface area contributed by atoms with Gasteiger partial charge in [0.2, 0.25) is 5.91 Å². The topological polar surface area (TPSA) is 70.0 Å². The molecule has 0 spiro atoms. The van der Waals surface area contributed by atoms with Gasteiger partial charge >= 0.3 is 0 Å². The normalized spacial score (nSPS) is 19.6. The van der Waals surface area contributed by atoms with Crippen LogP contribution in [0.1, 0.15) is 18.9 Å². The lowest BCUT2D eigenvalue weighted by molar-refractivity contribution is -0.117. The van der Waals surface area contributed by atoms with Crippen LogP contribution >= 0.6 is 0 Å². The second-order valence-corrected chi connectivity index (χ2v) is 7.88. The van der Waals surface area contributed by atoms with E-state index in [0.717, 1.165) is 11.3 Å². The van der Waals surface area contributed by atoms with Crippen molar-refractivity contribution < 1.29 is 18.7 Å². The molecule has 0 N–H and O–H groups in total. The van der Waals surface area contributed by atoms with Gasteiger partial charge in [-0.2, -0.15) is 4.99 Å². The zero-order valence-corrected chi connectivity index (χ0v) is 19.9. The van der Waals surface area contributed by atoms with Crippen LogP contribution in [0.5, 0.6) is 5.75 Å². The summed E-state index contributed by atoms with van der Waals surface area (Å²) >= 11 is 0. The molecule has 3 aliphatic rings. The number of amides is 1. The number of methoxy groups -OCH3 is 1. The maximum atomic E-state index is 13.6. The van der Waals surface area contributed by atoms with E-state index in [1.807, 2.05) is 51.5 Å². The molecule has 0 bridgehead atoms. The summed E-state index contributed by atoms with van der Waals surface area (Å²) in [6.07, 6.45) is 12.0. The number of carbonyl (C=O) groups excluding carboxylic acids is 1. The van der Waals surface area contributed by atoms with Crippen LogP contribution < -0.4 is 9.64 Å². The highest BCUT2D eigenvalue weighted by Crippen LogP contribution is 2.31. The van der Waals surface area contributed by atoms with Crippen molar-refractivity contribution in [3.8, 4) is 5.75 Å². The number of rotatable bonds is 6. The van der Waals surface area contributed by atoms with E-state index in [2.05, 4.69) is 16.6 Å². The SMILES string of the molecule is C=C(/C=C\C(F)=C/C)N1CCC(=O)N=C2/C(=C/c3ccc(N4C=CCN=C4)c(OC)c3)OCCN21. The molecule has 1 saturated heterocycles. The summed E-state index contributed by atoms with van der Waals surface area (Å²) in [5, 5.41) is 3.70. The number of hydrazine groups is 1. The van der Waals surface area contributed by atoms with Gasteiger partial charge in [0.25, 0.3) is 0 Å². The molecule has 0 radical (unpaired) electrons. The third-order valence-electron chi connectivity index (χ3n) is 5.59. The second kappa shape index (κ2) is 10.9. The average molecular weight is 478 g/mol. The lowest BCUT2D eigenvalue weighted by atomic mass is 10.1. The molecule has 8 nitrogen and oxygen atoms in total. The zero-order chi connectivity index (χ0) is 24.8. The highest BCUT2D eigenvalue weighted by molar-refractivity contribution is 6.06. The van der Waals surface area contributed by atoms with Gasteiger partial charge in [0.15, 0.2) is 11.6 Å². The highest BCUT2D eigenvalue weighted by atomic mass is 19.1. The number of morpholine rings is 1. The van der Waals surface area contributed by atoms with Crippen molar-refractivity contribution in [1.82, 2.24) is 10.0 Å². The van der Waals surface area contributed by atoms with E-state index in [1.54, 1.807) is 26.4 Å². The Bertz CT molecular complexity index is 1170. The Balaban J connectivity index is 1.64. The van der Waals surface area contributed by atoms with Crippen LogP contribution in [0.25, 0.3) is 6.08 Å². The summed E-state index contributed by atoms with van der Waals surface area (Å²) in [7, 11) is 1.61. The van der Waals surface area contributed by atoms with E-state index < -0.39 is 0 Å². The van der Waals surface area contributed by atoms with Crippen LogP contribution in [-0.4, -0.2) is 61.5 Å². The van der Waals surface area contributed by atoms with Crippen LogP contribution in [0, 0.1) is 0 Å². The molecule has 1 aromatic rings. The molecule has 35 heavy (non-hydrogen) atoms. The minimum Gasteiger partial charge on any atom is -0.495 e. The van der Waals surface area contributed by atoms with Crippen molar-refractivity contribution in [3.63, 3.8) is 0 Å². The number of hydrogen-bond donors (Lipinski definition) is 0. The van der Waals surface area contributed by atoms with E-state index in [9.17, 15) is 9.18 Å². The smallest absolute Gasteiger partial charge is 0.249 e. The summed E-state index contributed by atoms with van der Waals surface area (Å²) < 4.78 is 25.2. The predicted octanol–water partition coefficient (Wildman–Crippen LogP) is 4.22. The van der Waals surface area contributed by atoms with Crippen molar-refractivity contribution in [1.29, 1.82) is 0 Å². The number of carbonyl (C=O) groups is 1. The monoisotopic (exact) mass is 477 g/mol. The second-order valence-electron chi connectivity index (χ2n) is 7.88.